The summed E-state index contributed by atoms with van der Waals surface area (Å²) in [7, 11) is 0. The molecule has 1 nitrogen and oxygen atoms in total. The smallest absolute Gasteiger partial charge is 0.158 e. The lowest BCUT2D eigenvalue weighted by Crippen LogP contribution is -2.53. The summed E-state index contributed by atoms with van der Waals surface area (Å²) in [5.74, 6) is 4.75. The van der Waals surface area contributed by atoms with Crippen molar-refractivity contribution in [1.29, 1.82) is 0 Å². The molecule has 7 atom stereocenters. The van der Waals surface area contributed by atoms with Gasteiger partial charge in [-0.25, -0.2) is 0 Å². The third kappa shape index (κ3) is 1.94. The molecule has 3 fully saturated rings. The van der Waals surface area contributed by atoms with E-state index in [1.165, 1.54) is 32.1 Å². The molecule has 4 aliphatic rings. The zero-order chi connectivity index (χ0) is 16.6. The predicted octanol–water partition coefficient (Wildman–Crippen LogP) is 5.79. The van der Waals surface area contributed by atoms with Gasteiger partial charge in [0.25, 0.3) is 0 Å². The Morgan fingerprint density at radius 3 is 2.48 bits per heavy atom. The maximum atomic E-state index is 12.3. The van der Waals surface area contributed by atoms with Gasteiger partial charge in [-0.15, -0.1) is 0 Å². The van der Waals surface area contributed by atoms with Crippen molar-refractivity contribution in [2.75, 3.05) is 0 Å². The summed E-state index contributed by atoms with van der Waals surface area (Å²) in [5.41, 5.74) is 3.60. The van der Waals surface area contributed by atoms with Gasteiger partial charge >= 0.3 is 0 Å². The van der Waals surface area contributed by atoms with E-state index < -0.39 is 0 Å². The molecule has 0 amide bonds. The fourth-order valence-corrected chi connectivity index (χ4v) is 7.56. The van der Waals surface area contributed by atoms with Gasteiger partial charge in [0.05, 0.1) is 0 Å². The highest BCUT2D eigenvalue weighted by Crippen LogP contribution is 2.68. The Balaban J connectivity index is 1.77. The van der Waals surface area contributed by atoms with Crippen LogP contribution in [0.5, 0.6) is 0 Å². The second-order valence-corrected chi connectivity index (χ2v) is 9.94. The lowest BCUT2D eigenvalue weighted by molar-refractivity contribution is -0.119. The number of allylic oxidation sites excluding steroid dienone is 1. The minimum atomic E-state index is 0.322. The van der Waals surface area contributed by atoms with Gasteiger partial charge < -0.3 is 0 Å². The van der Waals surface area contributed by atoms with Crippen LogP contribution in [0.25, 0.3) is 0 Å². The first-order valence-electron chi connectivity index (χ1n) is 10.0. The zero-order valence-electron chi connectivity index (χ0n) is 15.7. The van der Waals surface area contributed by atoms with E-state index in [2.05, 4.69) is 34.6 Å². The Labute approximate surface area is 142 Å². The topological polar surface area (TPSA) is 17.1 Å². The summed E-state index contributed by atoms with van der Waals surface area (Å²) >= 11 is 0. The van der Waals surface area contributed by atoms with Gasteiger partial charge in [0, 0.05) is 6.42 Å². The monoisotopic (exact) mass is 314 g/mol. The Kier molecular flexibility index (Phi) is 3.43. The van der Waals surface area contributed by atoms with Crippen molar-refractivity contribution in [3.8, 4) is 0 Å². The molecule has 0 saturated heterocycles. The molecule has 2 unspecified atom stereocenters. The normalized spacial score (nSPS) is 52.9. The van der Waals surface area contributed by atoms with Crippen LogP contribution in [0.1, 0.15) is 79.6 Å². The van der Waals surface area contributed by atoms with E-state index in [0.29, 0.717) is 16.6 Å². The minimum absolute atomic E-state index is 0.322. The lowest BCUT2D eigenvalue weighted by Gasteiger charge is -2.60. The van der Waals surface area contributed by atoms with Crippen LogP contribution in [0, 0.1) is 40.4 Å². The van der Waals surface area contributed by atoms with Crippen LogP contribution in [0.2, 0.25) is 0 Å². The summed E-state index contributed by atoms with van der Waals surface area (Å²) < 4.78 is 0. The predicted molar refractivity (Wildman–Crippen MR) is 95.0 cm³/mol. The number of rotatable bonds is 0. The van der Waals surface area contributed by atoms with E-state index in [0.717, 1.165) is 48.0 Å². The van der Waals surface area contributed by atoms with Crippen LogP contribution in [-0.2, 0) is 4.79 Å². The largest absolute Gasteiger partial charge is 0.295 e. The Hall–Kier alpha value is -0.590. The fourth-order valence-electron chi connectivity index (χ4n) is 7.56. The highest BCUT2D eigenvalue weighted by atomic mass is 16.1. The lowest BCUT2D eigenvalue weighted by atomic mass is 9.44. The van der Waals surface area contributed by atoms with E-state index in [1.54, 1.807) is 5.57 Å². The molecule has 0 aromatic heterocycles. The molecule has 0 radical (unpaired) electrons. The van der Waals surface area contributed by atoms with Crippen molar-refractivity contribution in [1.82, 2.24) is 0 Å². The summed E-state index contributed by atoms with van der Waals surface area (Å²) in [6.45, 7) is 12.2. The maximum absolute atomic E-state index is 12.3. The van der Waals surface area contributed by atoms with Crippen LogP contribution in [0.3, 0.4) is 0 Å². The minimum Gasteiger partial charge on any atom is -0.295 e. The zero-order valence-corrected chi connectivity index (χ0v) is 15.7. The highest BCUT2D eigenvalue weighted by Gasteiger charge is 2.60. The van der Waals surface area contributed by atoms with Crippen molar-refractivity contribution >= 4 is 5.78 Å². The molecule has 0 bridgehead atoms. The van der Waals surface area contributed by atoms with Gasteiger partial charge in [0.1, 0.15) is 0 Å². The van der Waals surface area contributed by atoms with Crippen molar-refractivity contribution in [3.63, 3.8) is 0 Å². The standard InChI is InChI=1S/C22H34O/c1-13-12-18-15(3)19(23)9-11-22(18,5)17-8-10-21(4)14(2)6-7-16(21)20(13)17/h13-14,16-17,20H,6-12H2,1-5H3/t13?,14?,16-,17+,20-,21+,22+/m0/s1. The van der Waals surface area contributed by atoms with Crippen LogP contribution >= 0.6 is 0 Å². The highest BCUT2D eigenvalue weighted by molar-refractivity contribution is 5.96. The van der Waals surface area contributed by atoms with E-state index >= 15 is 0 Å². The van der Waals surface area contributed by atoms with Gasteiger partial charge in [0.2, 0.25) is 0 Å². The number of hydrogen-bond donors (Lipinski definition) is 0. The number of ketones is 1. The average Bonchev–Trinajstić information content (AvgIpc) is 2.82. The van der Waals surface area contributed by atoms with Crippen LogP contribution in [-0.4, -0.2) is 5.78 Å². The van der Waals surface area contributed by atoms with Crippen molar-refractivity contribution in [3.05, 3.63) is 11.1 Å². The van der Waals surface area contributed by atoms with Gasteiger partial charge in [-0.1, -0.05) is 33.3 Å². The third-order valence-electron chi connectivity index (χ3n) is 9.24. The molecule has 128 valence electrons. The first-order chi connectivity index (χ1) is 10.8. The molecule has 4 rings (SSSR count). The van der Waals surface area contributed by atoms with E-state index in [-0.39, 0.29) is 0 Å². The van der Waals surface area contributed by atoms with E-state index in [4.69, 9.17) is 0 Å². The third-order valence-corrected chi connectivity index (χ3v) is 9.24. The SMILES string of the molecule is CC1=C2CC(C)[C@@H]3[C@@H](CC[C@]4(C)C(C)CC[C@@H]34)[C@@]2(C)CCC1=O. The Morgan fingerprint density at radius 2 is 1.74 bits per heavy atom. The summed E-state index contributed by atoms with van der Waals surface area (Å²) in [6, 6.07) is 0. The number of hydrogen-bond acceptors (Lipinski definition) is 1. The molecule has 0 aliphatic heterocycles. The molecule has 0 aromatic carbocycles. The molecule has 4 aliphatic carbocycles. The number of carbonyl (C=O) groups is 1. The van der Waals surface area contributed by atoms with Gasteiger partial charge in [0.15, 0.2) is 5.78 Å². The summed E-state index contributed by atoms with van der Waals surface area (Å²) in [6.07, 6.45) is 8.81. The Morgan fingerprint density at radius 1 is 1.00 bits per heavy atom. The maximum Gasteiger partial charge on any atom is 0.158 e. The average molecular weight is 315 g/mol. The number of Topliss-reactive ketones (excluding diaryl/α,β-unsaturated/α-hetero) is 1. The van der Waals surface area contributed by atoms with Gasteiger partial charge in [-0.3, -0.25) is 4.79 Å². The van der Waals surface area contributed by atoms with Crippen molar-refractivity contribution in [2.45, 2.75) is 79.6 Å². The number of fused-ring (bicyclic) bond motifs is 5. The first-order valence-corrected chi connectivity index (χ1v) is 10.0. The molecule has 3 saturated carbocycles. The van der Waals surface area contributed by atoms with Crippen LogP contribution in [0.4, 0.5) is 0 Å². The number of carbonyl (C=O) groups excluding carboxylic acids is 1. The van der Waals surface area contributed by atoms with Crippen LogP contribution in [0.15, 0.2) is 11.1 Å². The summed E-state index contributed by atoms with van der Waals surface area (Å²) in [5, 5.41) is 0. The molecule has 0 aromatic rings. The quantitative estimate of drug-likeness (QED) is 0.553. The van der Waals surface area contributed by atoms with E-state index in [9.17, 15) is 4.79 Å². The summed E-state index contributed by atoms with van der Waals surface area (Å²) in [4.78, 5) is 12.3. The molecular weight excluding hydrogens is 280 g/mol. The Bertz CT molecular complexity index is 573. The first kappa shape index (κ1) is 15.9. The molecular formula is C22H34O. The molecule has 0 N–H and O–H groups in total. The molecule has 23 heavy (non-hydrogen) atoms. The van der Waals surface area contributed by atoms with Gasteiger partial charge in [-0.05, 0) is 91.4 Å². The molecule has 0 heterocycles. The van der Waals surface area contributed by atoms with E-state index in [1.807, 2.05) is 0 Å². The molecule has 0 spiro atoms. The van der Waals surface area contributed by atoms with Crippen LogP contribution < -0.4 is 0 Å². The second-order valence-electron chi connectivity index (χ2n) is 9.94. The van der Waals surface area contributed by atoms with Crippen molar-refractivity contribution in [2.24, 2.45) is 40.4 Å². The van der Waals surface area contributed by atoms with Gasteiger partial charge in [-0.2, -0.15) is 0 Å². The molecule has 1 heteroatoms. The van der Waals surface area contributed by atoms with Crippen molar-refractivity contribution < 1.29 is 4.79 Å². The fraction of sp³-hybridized carbons (Fsp3) is 0.864. The second kappa shape index (κ2) is 4.96.